The molecule has 0 bridgehead atoms. The normalized spacial score (nSPS) is 28.1. The second kappa shape index (κ2) is 9.23. The quantitative estimate of drug-likeness (QED) is 0.542. The van der Waals surface area contributed by atoms with E-state index < -0.39 is 0 Å². The number of allylic oxidation sites excluding steroid dienone is 2. The third-order valence-electron chi connectivity index (χ3n) is 3.57. The van der Waals surface area contributed by atoms with E-state index in [9.17, 15) is 4.79 Å². The van der Waals surface area contributed by atoms with Gasteiger partial charge in [0, 0.05) is 18.5 Å². The minimum atomic E-state index is 0. The Kier molecular flexibility index (Phi) is 9.95. The van der Waals surface area contributed by atoms with Crippen molar-refractivity contribution in [3.63, 3.8) is 0 Å². The van der Waals surface area contributed by atoms with E-state index in [4.69, 9.17) is 11.5 Å². The van der Waals surface area contributed by atoms with E-state index in [1.54, 1.807) is 6.08 Å². The first kappa shape index (κ1) is 21.5. The molecule has 0 spiro atoms. The minimum Gasteiger partial charge on any atom is -0.344 e. The van der Waals surface area contributed by atoms with E-state index in [2.05, 4.69) is 13.8 Å². The molecule has 5 nitrogen and oxygen atoms in total. The Labute approximate surface area is 123 Å². The summed E-state index contributed by atoms with van der Waals surface area (Å²) in [5.74, 6) is 0.286. The summed E-state index contributed by atoms with van der Waals surface area (Å²) < 4.78 is 0. The van der Waals surface area contributed by atoms with Crippen molar-refractivity contribution in [2.24, 2.45) is 16.9 Å². The fourth-order valence-electron chi connectivity index (χ4n) is 2.93. The lowest BCUT2D eigenvalue weighted by Gasteiger charge is -2.27. The van der Waals surface area contributed by atoms with Crippen molar-refractivity contribution in [2.45, 2.75) is 71.4 Å². The first-order chi connectivity index (χ1) is 8.28. The number of hydrogen-bond acceptors (Lipinski definition) is 5. The van der Waals surface area contributed by atoms with Gasteiger partial charge in [-0.2, -0.15) is 0 Å². The maximum atomic E-state index is 11.0. The van der Waals surface area contributed by atoms with Gasteiger partial charge in [-0.05, 0) is 44.1 Å². The van der Waals surface area contributed by atoms with E-state index in [0.717, 1.165) is 12.8 Å². The van der Waals surface area contributed by atoms with Gasteiger partial charge in [-0.3, -0.25) is 4.79 Å². The van der Waals surface area contributed by atoms with Gasteiger partial charge in [0.2, 0.25) is 0 Å². The van der Waals surface area contributed by atoms with E-state index in [0.29, 0.717) is 18.5 Å². The topological polar surface area (TPSA) is 139 Å². The predicted molar refractivity (Wildman–Crippen MR) is 86.2 cm³/mol. The van der Waals surface area contributed by atoms with Crippen molar-refractivity contribution in [2.75, 3.05) is 0 Å². The van der Waals surface area contributed by atoms with Crippen molar-refractivity contribution in [3.8, 4) is 0 Å². The smallest absolute Gasteiger partial charge is 0.156 e. The fourth-order valence-corrected chi connectivity index (χ4v) is 2.93. The summed E-state index contributed by atoms with van der Waals surface area (Å²) in [6, 6.07) is 0.775. The molecule has 0 aromatic carbocycles. The fraction of sp³-hybridized carbons (Fsp3) is 0.800. The summed E-state index contributed by atoms with van der Waals surface area (Å²) >= 11 is 0. The first-order valence-corrected chi connectivity index (χ1v) is 7.00. The van der Waals surface area contributed by atoms with E-state index in [1.165, 1.54) is 24.8 Å². The summed E-state index contributed by atoms with van der Waals surface area (Å²) in [5.41, 5.74) is 12.7. The second-order valence-electron chi connectivity index (χ2n) is 6.66. The van der Waals surface area contributed by atoms with Gasteiger partial charge in [-0.25, -0.2) is 0 Å². The predicted octanol–water partition coefficient (Wildman–Crippen LogP) is 2.86. The number of carbonyl (C=O) groups is 1. The Morgan fingerprint density at radius 2 is 1.60 bits per heavy atom. The molecule has 1 saturated carbocycles. The number of hydrogen-bond donors (Lipinski definition) is 4. The van der Waals surface area contributed by atoms with E-state index in [1.807, 2.05) is 6.92 Å². The molecule has 120 valence electrons. The average molecular weight is 286 g/mol. The van der Waals surface area contributed by atoms with Gasteiger partial charge in [0.05, 0.1) is 0 Å². The molecule has 10 N–H and O–H groups in total. The zero-order valence-electron chi connectivity index (χ0n) is 13.5. The number of nitrogens with two attached hydrogens (primary N) is 2. The molecule has 2 aliphatic carbocycles. The lowest BCUT2D eigenvalue weighted by molar-refractivity contribution is -0.117. The van der Waals surface area contributed by atoms with Crippen LogP contribution in [0.15, 0.2) is 11.6 Å². The molecule has 0 radical (unpaired) electrons. The van der Waals surface area contributed by atoms with Gasteiger partial charge in [-0.15, -0.1) is 0 Å². The first-order valence-electron chi connectivity index (χ1n) is 7.00. The van der Waals surface area contributed by atoms with Crippen LogP contribution in [-0.2, 0) is 4.79 Å². The summed E-state index contributed by atoms with van der Waals surface area (Å²) in [7, 11) is 0. The highest BCUT2D eigenvalue weighted by Crippen LogP contribution is 2.32. The molecule has 1 fully saturated rings. The summed E-state index contributed by atoms with van der Waals surface area (Å²) in [6.45, 7) is 6.31. The Morgan fingerprint density at radius 1 is 1.10 bits per heavy atom. The molecule has 0 heterocycles. The van der Waals surface area contributed by atoms with Crippen LogP contribution >= 0.6 is 0 Å². The van der Waals surface area contributed by atoms with Crippen LogP contribution in [0.2, 0.25) is 0 Å². The van der Waals surface area contributed by atoms with Crippen molar-refractivity contribution in [1.29, 1.82) is 0 Å². The zero-order valence-corrected chi connectivity index (χ0v) is 13.5. The third kappa shape index (κ3) is 8.43. The van der Waals surface area contributed by atoms with Crippen molar-refractivity contribution < 1.29 is 4.79 Å². The molecule has 0 saturated heterocycles. The maximum Gasteiger partial charge on any atom is 0.156 e. The van der Waals surface area contributed by atoms with Crippen LogP contribution < -0.4 is 23.8 Å². The van der Waals surface area contributed by atoms with Gasteiger partial charge < -0.3 is 23.8 Å². The number of rotatable bonds is 0. The molecule has 0 aromatic heterocycles. The Bertz CT molecular complexity index is 318. The van der Waals surface area contributed by atoms with Gasteiger partial charge in [0.1, 0.15) is 0 Å². The molecule has 2 atom stereocenters. The lowest BCUT2D eigenvalue weighted by atomic mass is 9.77. The molecule has 5 heteroatoms. The number of ketones is 1. The van der Waals surface area contributed by atoms with Crippen molar-refractivity contribution in [1.82, 2.24) is 12.3 Å². The number of carbonyl (C=O) groups excluding carboxylic acids is 1. The molecule has 20 heavy (non-hydrogen) atoms. The van der Waals surface area contributed by atoms with Gasteiger partial charge in [0.15, 0.2) is 5.78 Å². The highest BCUT2D eigenvalue weighted by molar-refractivity contribution is 5.91. The lowest BCUT2D eigenvalue weighted by Crippen LogP contribution is -2.35. The Morgan fingerprint density at radius 3 is 1.90 bits per heavy atom. The van der Waals surface area contributed by atoms with Crippen molar-refractivity contribution in [3.05, 3.63) is 11.6 Å². The standard InChI is InChI=1S/C9H14O.C6H14N2.2H3N/c1-7-4-8(10)6-9(2,3)5-7;7-5-2-1-3-6(8)4-5;;/h4H,5-6H2,1-3H3;5-6H,1-4,7-8H2;2*1H3. The van der Waals surface area contributed by atoms with Gasteiger partial charge >= 0.3 is 0 Å². The van der Waals surface area contributed by atoms with Crippen LogP contribution in [0.5, 0.6) is 0 Å². The van der Waals surface area contributed by atoms with Gasteiger partial charge in [0.25, 0.3) is 0 Å². The summed E-state index contributed by atoms with van der Waals surface area (Å²) in [6.07, 6.45) is 8.15. The molecule has 0 amide bonds. The largest absolute Gasteiger partial charge is 0.344 e. The van der Waals surface area contributed by atoms with E-state index >= 15 is 0 Å². The highest BCUT2D eigenvalue weighted by Gasteiger charge is 2.25. The SMILES string of the molecule is CC1=CC(=O)CC(C)(C)C1.N.N.NC1CCCC(N)C1. The molecular weight excluding hydrogens is 252 g/mol. The maximum absolute atomic E-state index is 11.0. The monoisotopic (exact) mass is 286 g/mol. The molecule has 2 rings (SSSR count). The Balaban J connectivity index is 0. The molecule has 0 aromatic rings. The van der Waals surface area contributed by atoms with Crippen molar-refractivity contribution >= 4 is 5.78 Å². The van der Waals surface area contributed by atoms with Gasteiger partial charge in [-0.1, -0.05) is 25.8 Å². The molecular formula is C15H34N4O. The Hall–Kier alpha value is -0.750. The molecule has 2 unspecified atom stereocenters. The average Bonchev–Trinajstić information content (AvgIpc) is 2.13. The van der Waals surface area contributed by atoms with Crippen LogP contribution in [0.3, 0.4) is 0 Å². The van der Waals surface area contributed by atoms with E-state index in [-0.39, 0.29) is 23.5 Å². The van der Waals surface area contributed by atoms with Crippen LogP contribution in [0.25, 0.3) is 0 Å². The zero-order chi connectivity index (χ0) is 13.8. The van der Waals surface area contributed by atoms with Crippen LogP contribution in [-0.4, -0.2) is 17.9 Å². The van der Waals surface area contributed by atoms with Crippen LogP contribution in [0, 0.1) is 5.41 Å². The third-order valence-corrected chi connectivity index (χ3v) is 3.57. The van der Waals surface area contributed by atoms with Crippen LogP contribution in [0.1, 0.15) is 59.3 Å². The second-order valence-corrected chi connectivity index (χ2v) is 6.66. The molecule has 0 aliphatic heterocycles. The minimum absolute atomic E-state index is 0. The summed E-state index contributed by atoms with van der Waals surface area (Å²) in [5, 5.41) is 0. The van der Waals surface area contributed by atoms with Crippen LogP contribution in [0.4, 0.5) is 0 Å². The summed E-state index contributed by atoms with van der Waals surface area (Å²) in [4.78, 5) is 11.0. The highest BCUT2D eigenvalue weighted by atomic mass is 16.1. The molecule has 2 aliphatic rings.